The van der Waals surface area contributed by atoms with Crippen molar-refractivity contribution in [1.29, 1.82) is 0 Å². The summed E-state index contributed by atoms with van der Waals surface area (Å²) in [4.78, 5) is 17.9. The number of ketones is 1. The SMILES string of the molecule is O=C(/C(=C(\O)c1ccccc1)c1ccc2ccccc2n1)c1ccccc1. The summed E-state index contributed by atoms with van der Waals surface area (Å²) < 4.78 is 0. The van der Waals surface area contributed by atoms with E-state index in [1.165, 1.54) is 0 Å². The normalized spacial score (nSPS) is 11.9. The molecular formula is C24H17NO2. The number of para-hydroxylation sites is 1. The summed E-state index contributed by atoms with van der Waals surface area (Å²) in [5.41, 5.74) is 2.49. The lowest BCUT2D eigenvalue weighted by molar-refractivity contribution is 0.105. The van der Waals surface area contributed by atoms with E-state index in [0.29, 0.717) is 16.8 Å². The van der Waals surface area contributed by atoms with Gasteiger partial charge in [-0.05, 0) is 12.1 Å². The summed E-state index contributed by atoms with van der Waals surface area (Å²) >= 11 is 0. The Bertz CT molecular complexity index is 1130. The van der Waals surface area contributed by atoms with Crippen LogP contribution in [-0.2, 0) is 0 Å². The van der Waals surface area contributed by atoms with Gasteiger partial charge in [0, 0.05) is 16.5 Å². The highest BCUT2D eigenvalue weighted by atomic mass is 16.3. The van der Waals surface area contributed by atoms with Gasteiger partial charge in [-0.2, -0.15) is 0 Å². The van der Waals surface area contributed by atoms with Gasteiger partial charge in [-0.15, -0.1) is 0 Å². The van der Waals surface area contributed by atoms with Gasteiger partial charge in [0.25, 0.3) is 0 Å². The molecule has 0 radical (unpaired) electrons. The minimum absolute atomic E-state index is 0.0766. The van der Waals surface area contributed by atoms with Gasteiger partial charge < -0.3 is 5.11 Å². The topological polar surface area (TPSA) is 50.2 Å². The van der Waals surface area contributed by atoms with E-state index in [1.54, 1.807) is 42.5 Å². The molecular weight excluding hydrogens is 334 g/mol. The summed E-state index contributed by atoms with van der Waals surface area (Å²) in [6.07, 6.45) is 0. The van der Waals surface area contributed by atoms with E-state index < -0.39 is 0 Å². The molecule has 27 heavy (non-hydrogen) atoms. The molecule has 0 amide bonds. The zero-order valence-corrected chi connectivity index (χ0v) is 14.5. The Kier molecular flexibility index (Phi) is 4.50. The van der Waals surface area contributed by atoms with Gasteiger partial charge in [0.1, 0.15) is 5.76 Å². The third-order valence-electron chi connectivity index (χ3n) is 4.40. The Morgan fingerprint density at radius 2 is 1.26 bits per heavy atom. The molecule has 3 nitrogen and oxygen atoms in total. The Morgan fingerprint density at radius 1 is 0.667 bits per heavy atom. The molecule has 0 spiro atoms. The molecule has 0 aliphatic rings. The number of carbonyl (C=O) groups excluding carboxylic acids is 1. The molecule has 1 N–H and O–H groups in total. The molecule has 0 unspecified atom stereocenters. The quantitative estimate of drug-likeness (QED) is 0.298. The molecule has 1 aromatic heterocycles. The first-order valence-electron chi connectivity index (χ1n) is 8.68. The van der Waals surface area contributed by atoms with Gasteiger partial charge in [0.15, 0.2) is 5.78 Å². The van der Waals surface area contributed by atoms with Crippen LogP contribution in [0.15, 0.2) is 97.1 Å². The zero-order chi connectivity index (χ0) is 18.6. The molecule has 0 fully saturated rings. The molecule has 4 aromatic rings. The van der Waals surface area contributed by atoms with Gasteiger partial charge in [-0.25, -0.2) is 4.98 Å². The molecule has 130 valence electrons. The lowest BCUT2D eigenvalue weighted by Gasteiger charge is -2.11. The van der Waals surface area contributed by atoms with Crippen molar-refractivity contribution in [3.05, 3.63) is 114 Å². The van der Waals surface area contributed by atoms with E-state index in [2.05, 4.69) is 4.98 Å². The number of aromatic nitrogens is 1. The number of pyridine rings is 1. The van der Waals surface area contributed by atoms with Crippen LogP contribution in [0.2, 0.25) is 0 Å². The molecule has 3 aromatic carbocycles. The fourth-order valence-electron chi connectivity index (χ4n) is 3.02. The smallest absolute Gasteiger partial charge is 0.198 e. The summed E-state index contributed by atoms with van der Waals surface area (Å²) in [5.74, 6) is -0.341. The maximum atomic E-state index is 13.2. The molecule has 0 saturated heterocycles. The fourth-order valence-corrected chi connectivity index (χ4v) is 3.02. The van der Waals surface area contributed by atoms with Crippen LogP contribution in [0, 0.1) is 0 Å². The molecule has 3 heteroatoms. The largest absolute Gasteiger partial charge is 0.506 e. The van der Waals surface area contributed by atoms with E-state index >= 15 is 0 Å². The molecule has 4 rings (SSSR count). The van der Waals surface area contributed by atoms with Crippen molar-refractivity contribution in [1.82, 2.24) is 4.98 Å². The highest BCUT2D eigenvalue weighted by molar-refractivity contribution is 6.33. The first-order chi connectivity index (χ1) is 13.2. The zero-order valence-electron chi connectivity index (χ0n) is 14.5. The van der Waals surface area contributed by atoms with Crippen molar-refractivity contribution in [2.24, 2.45) is 0 Å². The van der Waals surface area contributed by atoms with Crippen LogP contribution in [-0.4, -0.2) is 15.9 Å². The average Bonchev–Trinajstić information content (AvgIpc) is 2.75. The highest BCUT2D eigenvalue weighted by Gasteiger charge is 2.21. The van der Waals surface area contributed by atoms with Crippen LogP contribution in [0.1, 0.15) is 21.6 Å². The van der Waals surface area contributed by atoms with Gasteiger partial charge >= 0.3 is 0 Å². The van der Waals surface area contributed by atoms with E-state index in [1.807, 2.05) is 54.6 Å². The summed E-state index contributed by atoms with van der Waals surface area (Å²) in [6.45, 7) is 0. The number of rotatable bonds is 4. The number of aliphatic hydroxyl groups is 1. The number of allylic oxidation sites excluding steroid dienone is 1. The van der Waals surface area contributed by atoms with Gasteiger partial charge in [-0.1, -0.05) is 84.9 Å². The molecule has 0 aliphatic heterocycles. The monoisotopic (exact) mass is 351 g/mol. The number of carbonyl (C=O) groups is 1. The number of benzene rings is 3. The number of nitrogens with zero attached hydrogens (tertiary/aromatic N) is 1. The Hall–Kier alpha value is -3.72. The number of Topliss-reactive ketones (excluding diaryl/α,β-unsaturated/α-hetero) is 1. The van der Waals surface area contributed by atoms with Gasteiger partial charge in [0.2, 0.25) is 0 Å². The van der Waals surface area contributed by atoms with Crippen LogP contribution in [0.4, 0.5) is 0 Å². The Morgan fingerprint density at radius 3 is 1.96 bits per heavy atom. The Labute approximate surface area is 157 Å². The third kappa shape index (κ3) is 3.35. The first kappa shape index (κ1) is 16.7. The van der Waals surface area contributed by atoms with E-state index in [4.69, 9.17) is 0 Å². The lowest BCUT2D eigenvalue weighted by Crippen LogP contribution is -2.07. The molecule has 0 bridgehead atoms. The van der Waals surface area contributed by atoms with Crippen LogP contribution < -0.4 is 0 Å². The standard InChI is InChI=1S/C24H17NO2/c26-23(18-10-3-1-4-11-18)22(24(27)19-12-5-2-6-13-19)21-16-15-17-9-7-8-14-20(17)25-21/h1-16,26H/b23-22-. The van der Waals surface area contributed by atoms with Gasteiger partial charge in [0.05, 0.1) is 16.8 Å². The molecule has 0 aliphatic carbocycles. The van der Waals surface area contributed by atoms with Crippen molar-refractivity contribution in [3.8, 4) is 0 Å². The van der Waals surface area contributed by atoms with Crippen molar-refractivity contribution < 1.29 is 9.90 Å². The van der Waals surface area contributed by atoms with Crippen molar-refractivity contribution in [2.45, 2.75) is 0 Å². The predicted molar refractivity (Wildman–Crippen MR) is 108 cm³/mol. The summed E-state index contributed by atoms with van der Waals surface area (Å²) in [6, 6.07) is 29.4. The van der Waals surface area contributed by atoms with Crippen molar-refractivity contribution >= 4 is 28.0 Å². The average molecular weight is 351 g/mol. The fraction of sp³-hybridized carbons (Fsp3) is 0. The number of hydrogen-bond acceptors (Lipinski definition) is 3. The lowest BCUT2D eigenvalue weighted by atomic mass is 9.96. The molecule has 0 saturated carbocycles. The molecule has 1 heterocycles. The summed E-state index contributed by atoms with van der Waals surface area (Å²) in [7, 11) is 0. The maximum absolute atomic E-state index is 13.2. The number of aliphatic hydroxyl groups excluding tert-OH is 1. The van der Waals surface area contributed by atoms with Gasteiger partial charge in [-0.3, -0.25) is 4.79 Å². The number of fused-ring (bicyclic) bond motifs is 1. The summed E-state index contributed by atoms with van der Waals surface area (Å²) in [5, 5.41) is 11.9. The van der Waals surface area contributed by atoms with Crippen LogP contribution >= 0.6 is 0 Å². The van der Waals surface area contributed by atoms with E-state index in [9.17, 15) is 9.90 Å². The molecule has 0 atom stereocenters. The minimum Gasteiger partial charge on any atom is -0.506 e. The van der Waals surface area contributed by atoms with Crippen LogP contribution in [0.5, 0.6) is 0 Å². The van der Waals surface area contributed by atoms with Crippen LogP contribution in [0.25, 0.3) is 22.2 Å². The second-order valence-electron chi connectivity index (χ2n) is 6.17. The van der Waals surface area contributed by atoms with Crippen molar-refractivity contribution in [3.63, 3.8) is 0 Å². The van der Waals surface area contributed by atoms with E-state index in [0.717, 1.165) is 10.9 Å². The van der Waals surface area contributed by atoms with Crippen LogP contribution in [0.3, 0.4) is 0 Å². The predicted octanol–water partition coefficient (Wildman–Crippen LogP) is 5.54. The van der Waals surface area contributed by atoms with E-state index in [-0.39, 0.29) is 17.1 Å². The second-order valence-corrected chi connectivity index (χ2v) is 6.17. The minimum atomic E-state index is -0.264. The van der Waals surface area contributed by atoms with Crippen molar-refractivity contribution in [2.75, 3.05) is 0 Å². The Balaban J connectivity index is 1.94. The highest BCUT2D eigenvalue weighted by Crippen LogP contribution is 2.28. The second kappa shape index (κ2) is 7.26. The maximum Gasteiger partial charge on any atom is 0.198 e. The number of hydrogen-bond donors (Lipinski definition) is 1. The third-order valence-corrected chi connectivity index (χ3v) is 4.40. The first-order valence-corrected chi connectivity index (χ1v) is 8.68.